The molecule has 0 aromatic heterocycles. The molecule has 1 aliphatic rings. The summed E-state index contributed by atoms with van der Waals surface area (Å²) in [6.45, 7) is 2.00. The third kappa shape index (κ3) is 3.14. The van der Waals surface area contributed by atoms with Gasteiger partial charge in [0.15, 0.2) is 0 Å². The molecular formula is C19H23FN2. The van der Waals surface area contributed by atoms with Crippen molar-refractivity contribution < 1.29 is 4.39 Å². The minimum atomic E-state index is -0.141. The molecule has 0 N–H and O–H groups in total. The van der Waals surface area contributed by atoms with Crippen LogP contribution in [-0.2, 0) is 12.8 Å². The normalized spacial score (nSPS) is 13.7. The molecule has 0 atom stereocenters. The molecule has 116 valence electrons. The van der Waals surface area contributed by atoms with Gasteiger partial charge in [0.25, 0.3) is 0 Å². The van der Waals surface area contributed by atoms with Gasteiger partial charge in [0.2, 0.25) is 0 Å². The van der Waals surface area contributed by atoms with E-state index in [4.69, 9.17) is 0 Å². The summed E-state index contributed by atoms with van der Waals surface area (Å²) >= 11 is 0. The predicted octanol–water partition coefficient (Wildman–Crippen LogP) is 4.01. The van der Waals surface area contributed by atoms with E-state index in [1.54, 1.807) is 12.1 Å². The SMILES string of the molecule is CN(C)CCCN1c2ccccc2CCc2cc(F)ccc21. The number of benzene rings is 2. The molecule has 22 heavy (non-hydrogen) atoms. The lowest BCUT2D eigenvalue weighted by Gasteiger charge is -2.27. The van der Waals surface area contributed by atoms with Crippen LogP contribution in [0.15, 0.2) is 42.5 Å². The first-order valence-corrected chi connectivity index (χ1v) is 7.94. The number of fused-ring (bicyclic) bond motifs is 2. The lowest BCUT2D eigenvalue weighted by molar-refractivity contribution is 0.402. The average molecular weight is 298 g/mol. The summed E-state index contributed by atoms with van der Waals surface area (Å²) in [6, 6.07) is 13.8. The molecular weight excluding hydrogens is 275 g/mol. The Labute approximate surface area is 132 Å². The Kier molecular flexibility index (Phi) is 4.44. The van der Waals surface area contributed by atoms with Crippen LogP contribution < -0.4 is 4.90 Å². The van der Waals surface area contributed by atoms with Crippen molar-refractivity contribution in [1.82, 2.24) is 4.90 Å². The lowest BCUT2D eigenvalue weighted by atomic mass is 10.0. The fourth-order valence-electron chi connectivity index (χ4n) is 3.19. The van der Waals surface area contributed by atoms with Gasteiger partial charge in [-0.1, -0.05) is 18.2 Å². The fraction of sp³-hybridized carbons (Fsp3) is 0.368. The molecule has 0 radical (unpaired) electrons. The van der Waals surface area contributed by atoms with E-state index in [9.17, 15) is 4.39 Å². The zero-order valence-electron chi connectivity index (χ0n) is 13.3. The Bertz CT molecular complexity index is 652. The van der Waals surface area contributed by atoms with Crippen LogP contribution in [0.3, 0.4) is 0 Å². The van der Waals surface area contributed by atoms with Gasteiger partial charge in [-0.25, -0.2) is 4.39 Å². The second-order valence-electron chi connectivity index (χ2n) is 6.21. The zero-order chi connectivity index (χ0) is 15.5. The summed E-state index contributed by atoms with van der Waals surface area (Å²) in [5.74, 6) is -0.141. The third-order valence-corrected chi connectivity index (χ3v) is 4.27. The number of rotatable bonds is 4. The molecule has 1 aliphatic heterocycles. The monoisotopic (exact) mass is 298 g/mol. The van der Waals surface area contributed by atoms with Gasteiger partial charge in [-0.2, -0.15) is 0 Å². The number of nitrogens with zero attached hydrogens (tertiary/aromatic N) is 2. The molecule has 0 aliphatic carbocycles. The van der Waals surface area contributed by atoms with Crippen molar-refractivity contribution in [1.29, 1.82) is 0 Å². The van der Waals surface area contributed by atoms with Crippen molar-refractivity contribution in [2.75, 3.05) is 32.1 Å². The molecule has 0 saturated carbocycles. The molecule has 0 fully saturated rings. The molecule has 0 bridgehead atoms. The van der Waals surface area contributed by atoms with Gasteiger partial charge in [0, 0.05) is 17.9 Å². The van der Waals surface area contributed by atoms with E-state index >= 15 is 0 Å². The van der Waals surface area contributed by atoms with Crippen molar-refractivity contribution in [3.63, 3.8) is 0 Å². The molecule has 0 unspecified atom stereocenters. The van der Waals surface area contributed by atoms with Crippen LogP contribution in [-0.4, -0.2) is 32.1 Å². The first kappa shape index (κ1) is 15.0. The van der Waals surface area contributed by atoms with Gasteiger partial charge in [-0.3, -0.25) is 0 Å². The Morgan fingerprint density at radius 3 is 2.55 bits per heavy atom. The maximum absolute atomic E-state index is 13.6. The molecule has 3 heteroatoms. The van der Waals surface area contributed by atoms with E-state index < -0.39 is 0 Å². The van der Waals surface area contributed by atoms with Gasteiger partial charge in [-0.15, -0.1) is 0 Å². The second-order valence-corrected chi connectivity index (χ2v) is 6.21. The summed E-state index contributed by atoms with van der Waals surface area (Å²) in [4.78, 5) is 4.57. The minimum absolute atomic E-state index is 0.141. The van der Waals surface area contributed by atoms with Gasteiger partial charge >= 0.3 is 0 Å². The van der Waals surface area contributed by atoms with E-state index in [2.05, 4.69) is 48.2 Å². The highest BCUT2D eigenvalue weighted by molar-refractivity contribution is 5.71. The van der Waals surface area contributed by atoms with Crippen molar-refractivity contribution >= 4 is 11.4 Å². The highest BCUT2D eigenvalue weighted by Crippen LogP contribution is 2.36. The zero-order valence-corrected chi connectivity index (χ0v) is 13.3. The third-order valence-electron chi connectivity index (χ3n) is 4.27. The molecule has 0 saturated heterocycles. The Hall–Kier alpha value is -1.87. The number of hydrogen-bond acceptors (Lipinski definition) is 2. The molecule has 2 nitrogen and oxygen atoms in total. The second kappa shape index (κ2) is 6.49. The maximum Gasteiger partial charge on any atom is 0.123 e. The average Bonchev–Trinajstić information content (AvgIpc) is 2.64. The lowest BCUT2D eigenvalue weighted by Crippen LogP contribution is -2.24. The highest BCUT2D eigenvalue weighted by Gasteiger charge is 2.20. The van der Waals surface area contributed by atoms with E-state index in [-0.39, 0.29) is 5.82 Å². The van der Waals surface area contributed by atoms with Crippen LogP contribution in [0, 0.1) is 5.82 Å². The first-order valence-electron chi connectivity index (χ1n) is 7.94. The molecule has 2 aromatic rings. The largest absolute Gasteiger partial charge is 0.341 e. The summed E-state index contributed by atoms with van der Waals surface area (Å²) in [7, 11) is 4.19. The standard InChI is InChI=1S/C19H23FN2/c1-21(2)12-5-13-22-18-7-4-3-6-15(18)8-9-16-14-17(20)10-11-19(16)22/h3-4,6-7,10-11,14H,5,8-9,12-13H2,1-2H3. The number of hydrogen-bond donors (Lipinski definition) is 0. The molecule has 0 spiro atoms. The van der Waals surface area contributed by atoms with Crippen LogP contribution in [0.25, 0.3) is 0 Å². The van der Waals surface area contributed by atoms with E-state index in [0.29, 0.717) is 0 Å². The van der Waals surface area contributed by atoms with Gasteiger partial charge in [0.05, 0.1) is 0 Å². The van der Waals surface area contributed by atoms with Crippen LogP contribution in [0.2, 0.25) is 0 Å². The fourth-order valence-corrected chi connectivity index (χ4v) is 3.19. The topological polar surface area (TPSA) is 6.48 Å². The van der Waals surface area contributed by atoms with Gasteiger partial charge in [0.1, 0.15) is 5.82 Å². The summed E-state index contributed by atoms with van der Waals surface area (Å²) in [5.41, 5.74) is 4.89. The van der Waals surface area contributed by atoms with Crippen LogP contribution in [0.1, 0.15) is 17.5 Å². The number of aryl methyl sites for hydroxylation is 2. The van der Waals surface area contributed by atoms with E-state index in [1.165, 1.54) is 11.3 Å². The molecule has 3 rings (SSSR count). The highest BCUT2D eigenvalue weighted by atomic mass is 19.1. The Morgan fingerprint density at radius 1 is 1.00 bits per heavy atom. The quantitative estimate of drug-likeness (QED) is 0.841. The maximum atomic E-state index is 13.6. The number of halogens is 1. The summed E-state index contributed by atoms with van der Waals surface area (Å²) in [5, 5.41) is 0. The summed E-state index contributed by atoms with van der Waals surface area (Å²) in [6.07, 6.45) is 2.95. The Morgan fingerprint density at radius 2 is 1.73 bits per heavy atom. The molecule has 1 heterocycles. The van der Waals surface area contributed by atoms with Crippen LogP contribution in [0.4, 0.5) is 15.8 Å². The van der Waals surface area contributed by atoms with Crippen LogP contribution >= 0.6 is 0 Å². The molecule has 2 aromatic carbocycles. The van der Waals surface area contributed by atoms with Crippen molar-refractivity contribution in [3.8, 4) is 0 Å². The van der Waals surface area contributed by atoms with Crippen LogP contribution in [0.5, 0.6) is 0 Å². The predicted molar refractivity (Wildman–Crippen MR) is 90.4 cm³/mol. The molecule has 0 amide bonds. The van der Waals surface area contributed by atoms with Crippen molar-refractivity contribution in [2.45, 2.75) is 19.3 Å². The van der Waals surface area contributed by atoms with E-state index in [0.717, 1.165) is 43.6 Å². The van der Waals surface area contributed by atoms with E-state index in [1.807, 2.05) is 6.07 Å². The van der Waals surface area contributed by atoms with Gasteiger partial charge < -0.3 is 9.80 Å². The van der Waals surface area contributed by atoms with Gasteiger partial charge in [-0.05, 0) is 75.3 Å². The first-order chi connectivity index (χ1) is 10.6. The number of anilines is 2. The van der Waals surface area contributed by atoms with Crippen molar-refractivity contribution in [2.24, 2.45) is 0 Å². The number of para-hydroxylation sites is 1. The minimum Gasteiger partial charge on any atom is -0.341 e. The Balaban J connectivity index is 1.97. The van der Waals surface area contributed by atoms with Crippen molar-refractivity contribution in [3.05, 3.63) is 59.4 Å². The summed E-state index contributed by atoms with van der Waals surface area (Å²) < 4.78 is 13.6. The smallest absolute Gasteiger partial charge is 0.123 e.